The highest BCUT2D eigenvalue weighted by Crippen LogP contribution is 2.26. The van der Waals surface area contributed by atoms with E-state index in [0.29, 0.717) is 5.92 Å². The molecule has 0 saturated carbocycles. The van der Waals surface area contributed by atoms with Gasteiger partial charge in [0.15, 0.2) is 0 Å². The second-order valence-corrected chi connectivity index (χ2v) is 6.00. The van der Waals surface area contributed by atoms with Crippen LogP contribution in [0, 0.1) is 19.8 Å². The van der Waals surface area contributed by atoms with Gasteiger partial charge in [0, 0.05) is 18.8 Å². The Morgan fingerprint density at radius 3 is 2.96 bits per heavy atom. The third-order valence-corrected chi connectivity index (χ3v) is 4.32. The summed E-state index contributed by atoms with van der Waals surface area (Å²) in [5, 5.41) is 3.97. The van der Waals surface area contributed by atoms with E-state index in [0.717, 1.165) is 54.3 Å². The first-order valence-corrected chi connectivity index (χ1v) is 7.80. The highest BCUT2D eigenvalue weighted by molar-refractivity contribution is 5.78. The van der Waals surface area contributed by atoms with E-state index in [2.05, 4.69) is 15.1 Å². The second kappa shape index (κ2) is 6.45. The molecule has 23 heavy (non-hydrogen) atoms. The van der Waals surface area contributed by atoms with Gasteiger partial charge in [-0.1, -0.05) is 5.16 Å². The predicted molar refractivity (Wildman–Crippen MR) is 84.4 cm³/mol. The fourth-order valence-electron chi connectivity index (χ4n) is 3.15. The van der Waals surface area contributed by atoms with Crippen LogP contribution >= 0.6 is 0 Å². The molecule has 0 spiro atoms. The fourth-order valence-corrected chi connectivity index (χ4v) is 3.15. The maximum atomic E-state index is 11.7. The summed E-state index contributed by atoms with van der Waals surface area (Å²) in [7, 11) is 0. The zero-order chi connectivity index (χ0) is 16.4. The molecule has 3 rings (SSSR count). The van der Waals surface area contributed by atoms with Crippen molar-refractivity contribution in [3.8, 4) is 11.3 Å². The molecule has 0 radical (unpaired) electrons. The topological polar surface area (TPSA) is 98.1 Å². The molecule has 2 N–H and O–H groups in total. The summed E-state index contributed by atoms with van der Waals surface area (Å²) >= 11 is 0. The molecule has 0 aliphatic carbocycles. The van der Waals surface area contributed by atoms with Crippen molar-refractivity contribution in [2.24, 2.45) is 11.7 Å². The third-order valence-electron chi connectivity index (χ3n) is 4.32. The Morgan fingerprint density at radius 2 is 2.26 bits per heavy atom. The van der Waals surface area contributed by atoms with Crippen molar-refractivity contribution in [2.75, 3.05) is 19.6 Å². The smallest absolute Gasteiger partial charge is 0.236 e. The number of carbonyl (C=O) groups is 1. The summed E-state index contributed by atoms with van der Waals surface area (Å²) in [4.78, 5) is 22.2. The lowest BCUT2D eigenvalue weighted by atomic mass is 10.0. The van der Waals surface area contributed by atoms with E-state index in [4.69, 9.17) is 10.3 Å². The Bertz CT molecular complexity index is 693. The molecule has 1 saturated heterocycles. The van der Waals surface area contributed by atoms with Crippen LogP contribution in [-0.2, 0) is 11.2 Å². The van der Waals surface area contributed by atoms with Crippen molar-refractivity contribution in [3.63, 3.8) is 0 Å². The van der Waals surface area contributed by atoms with Crippen molar-refractivity contribution in [3.05, 3.63) is 29.5 Å². The molecule has 2 aromatic heterocycles. The van der Waals surface area contributed by atoms with Gasteiger partial charge >= 0.3 is 0 Å². The lowest BCUT2D eigenvalue weighted by Crippen LogP contribution is -2.34. The number of amides is 1. The van der Waals surface area contributed by atoms with Crippen LogP contribution in [0.2, 0.25) is 0 Å². The summed E-state index contributed by atoms with van der Waals surface area (Å²) in [5.41, 5.74) is 8.99. The maximum absolute atomic E-state index is 11.7. The molecule has 0 bridgehead atoms. The molecule has 7 heteroatoms. The minimum absolute atomic E-state index is 0.0200. The van der Waals surface area contributed by atoms with Crippen LogP contribution in [-0.4, -0.2) is 45.6 Å². The molecule has 122 valence electrons. The van der Waals surface area contributed by atoms with Crippen LogP contribution in [0.4, 0.5) is 0 Å². The average Bonchev–Trinajstić information content (AvgIpc) is 3.14. The number of nitrogens with zero attached hydrogens (tertiary/aromatic N) is 4. The Morgan fingerprint density at radius 1 is 1.43 bits per heavy atom. The van der Waals surface area contributed by atoms with Gasteiger partial charge in [-0.15, -0.1) is 0 Å². The highest BCUT2D eigenvalue weighted by Gasteiger charge is 2.26. The first-order chi connectivity index (χ1) is 11.1. The molecular formula is C16H21N5O2. The minimum atomic E-state index is 0.0200. The van der Waals surface area contributed by atoms with Crippen molar-refractivity contribution in [1.82, 2.24) is 20.0 Å². The molecule has 7 nitrogen and oxygen atoms in total. The summed E-state index contributed by atoms with van der Waals surface area (Å²) in [6, 6.07) is 1.99. The normalized spacial score (nSPS) is 17.7. The zero-order valence-electron chi connectivity index (χ0n) is 13.5. The molecule has 1 aliphatic heterocycles. The van der Waals surface area contributed by atoms with E-state index in [-0.39, 0.29) is 12.5 Å². The largest absolute Gasteiger partial charge is 0.361 e. The van der Waals surface area contributed by atoms with Gasteiger partial charge in [0.1, 0.15) is 12.1 Å². The standard InChI is InChI=1S/C16H21N5O2/c1-10-16(11(2)23-20-10)14-6-13(18-9-19-14)5-12-3-4-21(8-12)15(22)7-17/h6,9,12H,3-5,7-8,17H2,1-2H3. The second-order valence-electron chi connectivity index (χ2n) is 6.00. The van der Waals surface area contributed by atoms with Crippen molar-refractivity contribution < 1.29 is 9.32 Å². The molecule has 2 aromatic rings. The fraction of sp³-hybridized carbons (Fsp3) is 0.500. The summed E-state index contributed by atoms with van der Waals surface area (Å²) in [6.07, 6.45) is 3.39. The van der Waals surface area contributed by atoms with Crippen LogP contribution < -0.4 is 5.73 Å². The van der Waals surface area contributed by atoms with Crippen LogP contribution in [0.3, 0.4) is 0 Å². The van der Waals surface area contributed by atoms with E-state index in [1.54, 1.807) is 6.33 Å². The number of carbonyl (C=O) groups excluding carboxylic acids is 1. The number of hydrogen-bond acceptors (Lipinski definition) is 6. The van der Waals surface area contributed by atoms with E-state index < -0.39 is 0 Å². The monoisotopic (exact) mass is 315 g/mol. The van der Waals surface area contributed by atoms with Crippen LogP contribution in [0.15, 0.2) is 16.9 Å². The van der Waals surface area contributed by atoms with Crippen LogP contribution in [0.1, 0.15) is 23.6 Å². The highest BCUT2D eigenvalue weighted by atomic mass is 16.5. The Kier molecular flexibility index (Phi) is 4.38. The van der Waals surface area contributed by atoms with Crippen molar-refractivity contribution in [1.29, 1.82) is 0 Å². The Hall–Kier alpha value is -2.28. The average molecular weight is 315 g/mol. The van der Waals surface area contributed by atoms with Crippen LogP contribution in [0.25, 0.3) is 11.3 Å². The molecule has 1 unspecified atom stereocenters. The number of hydrogen-bond donors (Lipinski definition) is 1. The molecule has 1 fully saturated rings. The zero-order valence-corrected chi connectivity index (χ0v) is 13.5. The molecule has 1 aliphatic rings. The maximum Gasteiger partial charge on any atom is 0.236 e. The third kappa shape index (κ3) is 3.24. The van der Waals surface area contributed by atoms with Crippen molar-refractivity contribution >= 4 is 5.91 Å². The van der Waals surface area contributed by atoms with Gasteiger partial charge in [-0.3, -0.25) is 4.79 Å². The summed E-state index contributed by atoms with van der Waals surface area (Å²) < 4.78 is 5.21. The van der Waals surface area contributed by atoms with E-state index in [1.165, 1.54) is 0 Å². The number of nitrogens with two attached hydrogens (primary N) is 1. The van der Waals surface area contributed by atoms with E-state index >= 15 is 0 Å². The molecule has 0 aromatic carbocycles. The lowest BCUT2D eigenvalue weighted by Gasteiger charge is -2.15. The number of rotatable bonds is 4. The predicted octanol–water partition coefficient (Wildman–Crippen LogP) is 1.10. The summed E-state index contributed by atoms with van der Waals surface area (Å²) in [5.74, 6) is 1.19. The van der Waals surface area contributed by atoms with Gasteiger partial charge in [-0.05, 0) is 38.7 Å². The number of aromatic nitrogens is 3. The SMILES string of the molecule is Cc1noc(C)c1-c1cc(CC2CCN(C(=O)CN)C2)ncn1. The molecule has 1 atom stereocenters. The van der Waals surface area contributed by atoms with Gasteiger partial charge in [0.05, 0.1) is 23.5 Å². The van der Waals surface area contributed by atoms with E-state index in [1.807, 2.05) is 24.8 Å². The first kappa shape index (κ1) is 15.6. The Labute approximate surface area is 134 Å². The van der Waals surface area contributed by atoms with E-state index in [9.17, 15) is 4.79 Å². The summed E-state index contributed by atoms with van der Waals surface area (Å²) in [6.45, 7) is 5.39. The molecule has 1 amide bonds. The minimum Gasteiger partial charge on any atom is -0.361 e. The Balaban J connectivity index is 1.73. The number of aryl methyl sites for hydroxylation is 2. The number of likely N-dealkylation sites (tertiary alicyclic amines) is 1. The van der Waals surface area contributed by atoms with Crippen LogP contribution in [0.5, 0.6) is 0 Å². The van der Waals surface area contributed by atoms with Gasteiger partial charge in [-0.2, -0.15) is 0 Å². The molecule has 3 heterocycles. The molecular weight excluding hydrogens is 294 g/mol. The van der Waals surface area contributed by atoms with Gasteiger partial charge in [0.25, 0.3) is 0 Å². The first-order valence-electron chi connectivity index (χ1n) is 7.80. The quantitative estimate of drug-likeness (QED) is 0.907. The van der Waals surface area contributed by atoms with Gasteiger partial charge in [0.2, 0.25) is 5.91 Å². The van der Waals surface area contributed by atoms with Gasteiger partial charge in [-0.25, -0.2) is 9.97 Å². The lowest BCUT2D eigenvalue weighted by molar-refractivity contribution is -0.128. The van der Waals surface area contributed by atoms with Crippen molar-refractivity contribution in [2.45, 2.75) is 26.7 Å². The van der Waals surface area contributed by atoms with Gasteiger partial charge < -0.3 is 15.2 Å².